The molecule has 0 saturated carbocycles. The Bertz CT molecular complexity index is 243. The number of allylic oxidation sites excluding steroid dienone is 1. The third-order valence-electron chi connectivity index (χ3n) is 1.81. The van der Waals surface area contributed by atoms with Gasteiger partial charge >= 0.3 is 0 Å². The lowest BCUT2D eigenvalue weighted by Crippen LogP contribution is -2.03. The van der Waals surface area contributed by atoms with E-state index in [1.807, 2.05) is 12.2 Å². The van der Waals surface area contributed by atoms with Gasteiger partial charge in [-0.2, -0.15) is 0 Å². The fourth-order valence-corrected chi connectivity index (χ4v) is 3.01. The Balaban J connectivity index is 2.49. The first-order chi connectivity index (χ1) is 5.14. The molecule has 0 aliphatic carbocycles. The Labute approximate surface area is 67.2 Å². The van der Waals surface area contributed by atoms with Crippen molar-refractivity contribution in [3.8, 4) is 0 Å². The van der Waals surface area contributed by atoms with Gasteiger partial charge in [0.2, 0.25) is 0 Å². The zero-order valence-electron chi connectivity index (χ0n) is 6.36. The van der Waals surface area contributed by atoms with Crippen LogP contribution in [0, 0.1) is 5.92 Å². The number of hydrogen-bond donors (Lipinski definition) is 1. The maximum atomic E-state index is 10.9. The van der Waals surface area contributed by atoms with Crippen molar-refractivity contribution in [3.05, 3.63) is 12.2 Å². The van der Waals surface area contributed by atoms with Gasteiger partial charge < -0.3 is 5.73 Å². The normalized spacial score (nSPS) is 29.7. The molecule has 3 nitrogen and oxygen atoms in total. The van der Waals surface area contributed by atoms with E-state index in [1.165, 1.54) is 0 Å². The largest absolute Gasteiger partial charge is 0.327 e. The van der Waals surface area contributed by atoms with Crippen LogP contribution < -0.4 is 5.73 Å². The molecule has 2 N–H and O–H groups in total. The molecule has 1 rings (SSSR count). The minimum absolute atomic E-state index is 0.212. The van der Waals surface area contributed by atoms with Crippen molar-refractivity contribution in [2.75, 3.05) is 18.1 Å². The average molecular weight is 175 g/mol. The van der Waals surface area contributed by atoms with E-state index in [-0.39, 0.29) is 5.92 Å². The Morgan fingerprint density at radius 2 is 2.27 bits per heavy atom. The number of rotatable bonds is 2. The molecule has 0 aromatic rings. The van der Waals surface area contributed by atoms with Crippen molar-refractivity contribution in [3.63, 3.8) is 0 Å². The van der Waals surface area contributed by atoms with Gasteiger partial charge in [-0.05, 0) is 12.3 Å². The molecular weight excluding hydrogens is 162 g/mol. The van der Waals surface area contributed by atoms with Crippen molar-refractivity contribution >= 4 is 9.84 Å². The summed E-state index contributed by atoms with van der Waals surface area (Å²) < 4.78 is 21.9. The highest BCUT2D eigenvalue weighted by Gasteiger charge is 2.25. The Morgan fingerprint density at radius 3 is 2.73 bits per heavy atom. The molecule has 1 aliphatic rings. The van der Waals surface area contributed by atoms with E-state index in [0.29, 0.717) is 18.1 Å². The first-order valence-electron chi connectivity index (χ1n) is 3.71. The molecule has 1 saturated heterocycles. The zero-order valence-corrected chi connectivity index (χ0v) is 7.18. The Kier molecular flexibility index (Phi) is 2.67. The Hall–Kier alpha value is -0.350. The van der Waals surface area contributed by atoms with Crippen LogP contribution in [0.1, 0.15) is 6.42 Å². The van der Waals surface area contributed by atoms with Gasteiger partial charge in [-0.1, -0.05) is 12.2 Å². The standard InChI is InChI=1S/C7H13NO2S/c8-4-1-2-7-3-5-11(9,10)6-7/h1-2,7H,3-6,8H2/b2-1+. The lowest BCUT2D eigenvalue weighted by atomic mass is 10.1. The molecule has 64 valence electrons. The minimum atomic E-state index is -2.72. The smallest absolute Gasteiger partial charge is 0.150 e. The van der Waals surface area contributed by atoms with Crippen molar-refractivity contribution in [2.24, 2.45) is 11.7 Å². The second-order valence-corrected chi connectivity index (χ2v) is 5.06. The maximum Gasteiger partial charge on any atom is 0.150 e. The van der Waals surface area contributed by atoms with E-state index in [1.54, 1.807) is 0 Å². The van der Waals surface area contributed by atoms with Crippen LogP contribution in [-0.2, 0) is 9.84 Å². The van der Waals surface area contributed by atoms with Gasteiger partial charge in [-0.3, -0.25) is 0 Å². The molecule has 11 heavy (non-hydrogen) atoms. The van der Waals surface area contributed by atoms with E-state index < -0.39 is 9.84 Å². The van der Waals surface area contributed by atoms with E-state index in [4.69, 9.17) is 5.73 Å². The third kappa shape index (κ3) is 2.63. The van der Waals surface area contributed by atoms with Gasteiger partial charge in [0.25, 0.3) is 0 Å². The third-order valence-corrected chi connectivity index (χ3v) is 3.61. The summed E-state index contributed by atoms with van der Waals surface area (Å²) in [4.78, 5) is 0. The molecule has 1 atom stereocenters. The summed E-state index contributed by atoms with van der Waals surface area (Å²) in [5, 5.41) is 0. The fourth-order valence-electron chi connectivity index (χ4n) is 1.25. The highest BCUT2D eigenvalue weighted by atomic mass is 32.2. The molecule has 0 bridgehead atoms. The predicted molar refractivity (Wildman–Crippen MR) is 45.0 cm³/mol. The van der Waals surface area contributed by atoms with Crippen LogP contribution in [0.25, 0.3) is 0 Å². The highest BCUT2D eigenvalue weighted by molar-refractivity contribution is 7.91. The van der Waals surface area contributed by atoms with Gasteiger partial charge in [-0.15, -0.1) is 0 Å². The lowest BCUT2D eigenvalue weighted by Gasteiger charge is -1.96. The van der Waals surface area contributed by atoms with Gasteiger partial charge in [0.15, 0.2) is 9.84 Å². The molecular formula is C7H13NO2S. The summed E-state index contributed by atoms with van der Waals surface area (Å²) in [6.45, 7) is 0.497. The topological polar surface area (TPSA) is 60.2 Å². The molecule has 0 amide bonds. The van der Waals surface area contributed by atoms with Crippen LogP contribution in [0.4, 0.5) is 0 Å². The fraction of sp³-hybridized carbons (Fsp3) is 0.714. The first-order valence-corrected chi connectivity index (χ1v) is 5.53. The molecule has 0 aromatic carbocycles. The second-order valence-electron chi connectivity index (χ2n) is 2.83. The monoisotopic (exact) mass is 175 g/mol. The van der Waals surface area contributed by atoms with Crippen LogP contribution in [0.3, 0.4) is 0 Å². The average Bonchev–Trinajstić information content (AvgIpc) is 2.26. The summed E-state index contributed by atoms with van der Waals surface area (Å²) >= 11 is 0. The van der Waals surface area contributed by atoms with E-state index in [2.05, 4.69) is 0 Å². The summed E-state index contributed by atoms with van der Waals surface area (Å²) in [6.07, 6.45) is 4.49. The van der Waals surface area contributed by atoms with Crippen molar-refractivity contribution in [1.29, 1.82) is 0 Å². The Morgan fingerprint density at radius 1 is 1.55 bits per heavy atom. The quantitative estimate of drug-likeness (QED) is 0.598. The number of nitrogens with two attached hydrogens (primary N) is 1. The van der Waals surface area contributed by atoms with E-state index in [9.17, 15) is 8.42 Å². The molecule has 1 aliphatic heterocycles. The zero-order chi connectivity index (χ0) is 8.32. The lowest BCUT2D eigenvalue weighted by molar-refractivity contribution is 0.601. The minimum Gasteiger partial charge on any atom is -0.327 e. The van der Waals surface area contributed by atoms with Crippen molar-refractivity contribution in [2.45, 2.75) is 6.42 Å². The molecule has 0 radical (unpaired) electrons. The summed E-state index contributed by atoms with van der Waals surface area (Å²) in [5.74, 6) is 0.861. The summed E-state index contributed by atoms with van der Waals surface area (Å²) in [5.41, 5.74) is 5.24. The first kappa shape index (κ1) is 8.74. The SMILES string of the molecule is NC/C=C/C1CCS(=O)(=O)C1. The molecule has 1 heterocycles. The van der Waals surface area contributed by atoms with Crippen LogP contribution >= 0.6 is 0 Å². The second kappa shape index (κ2) is 3.36. The molecule has 0 aromatic heterocycles. The van der Waals surface area contributed by atoms with Crippen molar-refractivity contribution < 1.29 is 8.42 Å². The molecule has 1 fully saturated rings. The number of hydrogen-bond acceptors (Lipinski definition) is 3. The summed E-state index contributed by atoms with van der Waals surface area (Å²) in [7, 11) is -2.72. The van der Waals surface area contributed by atoms with E-state index in [0.717, 1.165) is 6.42 Å². The van der Waals surface area contributed by atoms with Crippen LogP contribution in [0.15, 0.2) is 12.2 Å². The molecule has 4 heteroatoms. The van der Waals surface area contributed by atoms with E-state index >= 15 is 0 Å². The van der Waals surface area contributed by atoms with Crippen LogP contribution in [0.5, 0.6) is 0 Å². The van der Waals surface area contributed by atoms with Crippen LogP contribution in [0.2, 0.25) is 0 Å². The predicted octanol–water partition coefficient (Wildman–Crippen LogP) is -0.0640. The number of sulfone groups is 1. The maximum absolute atomic E-state index is 10.9. The molecule has 1 unspecified atom stereocenters. The highest BCUT2D eigenvalue weighted by Crippen LogP contribution is 2.18. The summed E-state index contributed by atoms with van der Waals surface area (Å²) in [6, 6.07) is 0. The molecule has 0 spiro atoms. The van der Waals surface area contributed by atoms with Gasteiger partial charge in [0, 0.05) is 6.54 Å². The van der Waals surface area contributed by atoms with Gasteiger partial charge in [0.05, 0.1) is 11.5 Å². The van der Waals surface area contributed by atoms with Crippen molar-refractivity contribution in [1.82, 2.24) is 0 Å². The van der Waals surface area contributed by atoms with Gasteiger partial charge in [-0.25, -0.2) is 8.42 Å². The van der Waals surface area contributed by atoms with Gasteiger partial charge in [0.1, 0.15) is 0 Å². The van der Waals surface area contributed by atoms with Crippen LogP contribution in [-0.4, -0.2) is 26.5 Å².